The summed E-state index contributed by atoms with van der Waals surface area (Å²) in [7, 11) is 2.07. The summed E-state index contributed by atoms with van der Waals surface area (Å²) in [6.45, 7) is 15.0. The van der Waals surface area contributed by atoms with Crippen molar-refractivity contribution in [3.8, 4) is 0 Å². The maximum atomic E-state index is 6.19. The first kappa shape index (κ1) is 13.7. The Labute approximate surface area is 116 Å². The molecule has 0 aromatic heterocycles. The first-order chi connectivity index (χ1) is 8.86. The third kappa shape index (κ3) is 1.78. The third-order valence-electron chi connectivity index (χ3n) is 4.68. The van der Waals surface area contributed by atoms with Crippen LogP contribution in [0.2, 0.25) is 0 Å². The summed E-state index contributed by atoms with van der Waals surface area (Å²) in [5.41, 5.74) is 12.8. The highest BCUT2D eigenvalue weighted by molar-refractivity contribution is 5.82. The molecule has 1 aliphatic heterocycles. The normalized spacial score (nSPS) is 21.7. The van der Waals surface area contributed by atoms with E-state index in [0.717, 1.165) is 35.4 Å². The second-order valence-corrected chi connectivity index (χ2v) is 5.61. The fourth-order valence-electron chi connectivity index (χ4n) is 2.89. The van der Waals surface area contributed by atoms with Crippen molar-refractivity contribution in [1.29, 1.82) is 0 Å². The molecule has 1 aliphatic rings. The lowest BCUT2D eigenvalue weighted by molar-refractivity contribution is 0.552. The summed E-state index contributed by atoms with van der Waals surface area (Å²) in [6.07, 6.45) is 1.95. The fraction of sp³-hybridized carbons (Fsp3) is 0.412. The van der Waals surface area contributed by atoms with Gasteiger partial charge >= 0.3 is 0 Å². The zero-order valence-corrected chi connectivity index (χ0v) is 12.5. The van der Waals surface area contributed by atoms with Gasteiger partial charge in [0, 0.05) is 35.1 Å². The fourth-order valence-corrected chi connectivity index (χ4v) is 2.89. The Hall–Kier alpha value is -1.70. The Kier molecular flexibility index (Phi) is 3.21. The summed E-state index contributed by atoms with van der Waals surface area (Å²) in [4.78, 5) is 2.16. The van der Waals surface area contributed by atoms with Crippen molar-refractivity contribution in [2.45, 2.75) is 39.0 Å². The number of nitrogen functional groups attached to an aromatic ring is 1. The van der Waals surface area contributed by atoms with Crippen molar-refractivity contribution in [3.05, 3.63) is 42.1 Å². The second-order valence-electron chi connectivity index (χ2n) is 5.61. The molecule has 19 heavy (non-hydrogen) atoms. The van der Waals surface area contributed by atoms with Crippen molar-refractivity contribution >= 4 is 16.9 Å². The largest absolute Gasteiger partial charge is 0.398 e. The lowest BCUT2D eigenvalue weighted by Gasteiger charge is -2.26. The number of anilines is 2. The van der Waals surface area contributed by atoms with Crippen LogP contribution in [0.5, 0.6) is 0 Å². The molecular weight excluding hydrogens is 232 g/mol. The molecule has 2 heteroatoms. The molecule has 0 aliphatic carbocycles. The molecule has 0 amide bonds. The second kappa shape index (κ2) is 4.44. The monoisotopic (exact) mass is 256 g/mol. The highest BCUT2D eigenvalue weighted by Crippen LogP contribution is 2.50. The lowest BCUT2D eigenvalue weighted by atomic mass is 9.78. The standard InChI is InChI=1S/C17H24N2/c1-7-11(3)13-9-14-16(10-15(13)18)19(6)12(4)17(14,5)8-2/h9-10H,3-4,7-8,18H2,1-2,5-6H3. The quantitative estimate of drug-likeness (QED) is 0.816. The molecule has 1 aromatic rings. The third-order valence-corrected chi connectivity index (χ3v) is 4.68. The van der Waals surface area contributed by atoms with Gasteiger partial charge in [-0.15, -0.1) is 0 Å². The average Bonchev–Trinajstić information content (AvgIpc) is 2.60. The zero-order chi connectivity index (χ0) is 14.4. The van der Waals surface area contributed by atoms with Gasteiger partial charge in [0.1, 0.15) is 0 Å². The number of fused-ring (bicyclic) bond motifs is 1. The minimum absolute atomic E-state index is 0.000550. The molecular formula is C17H24N2. The molecule has 2 nitrogen and oxygen atoms in total. The lowest BCUT2D eigenvalue weighted by Crippen LogP contribution is -2.24. The Balaban J connectivity index is 2.68. The Morgan fingerprint density at radius 2 is 2.00 bits per heavy atom. The van der Waals surface area contributed by atoms with Gasteiger partial charge < -0.3 is 10.6 Å². The van der Waals surface area contributed by atoms with Gasteiger partial charge in [0.05, 0.1) is 0 Å². The maximum absolute atomic E-state index is 6.19. The minimum atomic E-state index is 0.000550. The van der Waals surface area contributed by atoms with E-state index in [1.54, 1.807) is 0 Å². The van der Waals surface area contributed by atoms with Crippen LogP contribution in [-0.2, 0) is 5.41 Å². The van der Waals surface area contributed by atoms with E-state index in [4.69, 9.17) is 5.73 Å². The van der Waals surface area contributed by atoms with Crippen LogP contribution < -0.4 is 10.6 Å². The molecule has 0 bridgehead atoms. The van der Waals surface area contributed by atoms with Crippen LogP contribution in [0, 0.1) is 0 Å². The molecule has 0 saturated heterocycles. The molecule has 102 valence electrons. The van der Waals surface area contributed by atoms with Crippen LogP contribution in [0.25, 0.3) is 5.57 Å². The average molecular weight is 256 g/mol. The van der Waals surface area contributed by atoms with Gasteiger partial charge in [0.2, 0.25) is 0 Å². The topological polar surface area (TPSA) is 29.3 Å². The Morgan fingerprint density at radius 1 is 1.37 bits per heavy atom. The predicted octanol–water partition coefficient (Wildman–Crippen LogP) is 4.32. The summed E-state index contributed by atoms with van der Waals surface area (Å²) in [5.74, 6) is 0. The number of benzene rings is 1. The number of rotatable bonds is 3. The van der Waals surface area contributed by atoms with E-state index in [1.807, 2.05) is 0 Å². The molecule has 1 unspecified atom stereocenters. The van der Waals surface area contributed by atoms with E-state index in [-0.39, 0.29) is 5.41 Å². The van der Waals surface area contributed by atoms with E-state index < -0.39 is 0 Å². The molecule has 1 atom stereocenters. The number of nitrogens with two attached hydrogens (primary N) is 1. The SMILES string of the molecule is C=C(CC)c1cc2c(cc1N)N(C)C(=C)C2(C)CC. The Morgan fingerprint density at radius 3 is 2.53 bits per heavy atom. The number of allylic oxidation sites excluding steroid dienone is 2. The van der Waals surface area contributed by atoms with Crippen LogP contribution in [0.15, 0.2) is 31.0 Å². The molecule has 1 heterocycles. The highest BCUT2D eigenvalue weighted by atomic mass is 15.2. The molecule has 1 aromatic carbocycles. The summed E-state index contributed by atoms with van der Waals surface area (Å²) < 4.78 is 0. The molecule has 0 saturated carbocycles. The van der Waals surface area contributed by atoms with Gasteiger partial charge in [0.15, 0.2) is 0 Å². The predicted molar refractivity (Wildman–Crippen MR) is 85.4 cm³/mol. The van der Waals surface area contributed by atoms with Crippen molar-refractivity contribution in [2.24, 2.45) is 0 Å². The number of hydrogen-bond donors (Lipinski definition) is 1. The molecule has 2 N–H and O–H groups in total. The van der Waals surface area contributed by atoms with Gasteiger partial charge in [-0.2, -0.15) is 0 Å². The summed E-state index contributed by atoms with van der Waals surface area (Å²) in [5, 5.41) is 0. The van der Waals surface area contributed by atoms with Crippen LogP contribution in [0.4, 0.5) is 11.4 Å². The van der Waals surface area contributed by atoms with Gasteiger partial charge in [-0.3, -0.25) is 0 Å². The maximum Gasteiger partial charge on any atom is 0.0469 e. The van der Waals surface area contributed by atoms with Crippen molar-refractivity contribution in [2.75, 3.05) is 17.7 Å². The van der Waals surface area contributed by atoms with Crippen molar-refractivity contribution < 1.29 is 0 Å². The number of nitrogens with zero attached hydrogens (tertiary/aromatic N) is 1. The van der Waals surface area contributed by atoms with Crippen LogP contribution in [0.1, 0.15) is 44.7 Å². The van der Waals surface area contributed by atoms with Gasteiger partial charge in [-0.05, 0) is 43.0 Å². The van der Waals surface area contributed by atoms with Crippen molar-refractivity contribution in [3.63, 3.8) is 0 Å². The van der Waals surface area contributed by atoms with E-state index in [9.17, 15) is 0 Å². The number of likely N-dealkylation sites (N-methyl/N-ethyl adjacent to an activating group) is 1. The van der Waals surface area contributed by atoms with E-state index in [0.29, 0.717) is 0 Å². The van der Waals surface area contributed by atoms with Gasteiger partial charge in [-0.1, -0.05) is 27.0 Å². The van der Waals surface area contributed by atoms with E-state index in [1.165, 1.54) is 11.3 Å². The van der Waals surface area contributed by atoms with Crippen LogP contribution >= 0.6 is 0 Å². The first-order valence-corrected chi connectivity index (χ1v) is 6.92. The molecule has 0 fully saturated rings. The van der Waals surface area contributed by atoms with Gasteiger partial charge in [-0.25, -0.2) is 0 Å². The zero-order valence-electron chi connectivity index (χ0n) is 12.5. The van der Waals surface area contributed by atoms with Crippen LogP contribution in [0.3, 0.4) is 0 Å². The smallest absolute Gasteiger partial charge is 0.0469 e. The summed E-state index contributed by atoms with van der Waals surface area (Å²) >= 11 is 0. The molecule has 0 spiro atoms. The Bertz CT molecular complexity index is 557. The van der Waals surface area contributed by atoms with Gasteiger partial charge in [0.25, 0.3) is 0 Å². The number of hydrogen-bond acceptors (Lipinski definition) is 2. The van der Waals surface area contributed by atoms with E-state index >= 15 is 0 Å². The van der Waals surface area contributed by atoms with Crippen molar-refractivity contribution in [1.82, 2.24) is 0 Å². The molecule has 2 rings (SSSR count). The highest BCUT2D eigenvalue weighted by Gasteiger charge is 2.40. The summed E-state index contributed by atoms with van der Waals surface area (Å²) in [6, 6.07) is 4.28. The van der Waals surface area contributed by atoms with E-state index in [2.05, 4.69) is 58.0 Å². The molecule has 0 radical (unpaired) electrons. The first-order valence-electron chi connectivity index (χ1n) is 6.92. The van der Waals surface area contributed by atoms with Crippen LogP contribution in [-0.4, -0.2) is 7.05 Å². The minimum Gasteiger partial charge on any atom is -0.398 e.